The summed E-state index contributed by atoms with van der Waals surface area (Å²) in [6.07, 6.45) is -2.51. The predicted octanol–water partition coefficient (Wildman–Crippen LogP) is -0.382. The van der Waals surface area contributed by atoms with Crippen LogP contribution in [0.5, 0.6) is 0 Å². The summed E-state index contributed by atoms with van der Waals surface area (Å²) >= 11 is 0. The Kier molecular flexibility index (Phi) is 3.42. The quantitative estimate of drug-likeness (QED) is 0.594. The molecule has 0 aliphatic carbocycles. The largest absolute Gasteiger partial charge is 0.394 e. The van der Waals surface area contributed by atoms with Gasteiger partial charge in [-0.2, -0.15) is 0 Å². The Balaban J connectivity index is 2.54. The van der Waals surface area contributed by atoms with Crippen molar-refractivity contribution in [3.05, 3.63) is 39.9 Å². The van der Waals surface area contributed by atoms with Crippen molar-refractivity contribution in [3.63, 3.8) is 0 Å². The van der Waals surface area contributed by atoms with Crippen molar-refractivity contribution < 1.29 is 15.3 Å². The van der Waals surface area contributed by atoms with Crippen LogP contribution in [0.4, 0.5) is 0 Å². The van der Waals surface area contributed by atoms with Gasteiger partial charge in [0.1, 0.15) is 18.0 Å². The van der Waals surface area contributed by atoms with Crippen LogP contribution < -0.4 is 5.56 Å². The van der Waals surface area contributed by atoms with E-state index in [9.17, 15) is 15.0 Å². The number of fused-ring (bicyclic) bond motifs is 1. The SMILES string of the molecule is Cc1nc2ccc(C(O)C(O)CO)cc2c(=O)[nH]1. The van der Waals surface area contributed by atoms with Crippen molar-refractivity contribution in [2.45, 2.75) is 19.1 Å². The number of nitrogens with one attached hydrogen (secondary N) is 1. The van der Waals surface area contributed by atoms with E-state index in [2.05, 4.69) is 9.97 Å². The Morgan fingerprint density at radius 3 is 2.78 bits per heavy atom. The van der Waals surface area contributed by atoms with E-state index >= 15 is 0 Å². The number of aromatic nitrogens is 2. The van der Waals surface area contributed by atoms with Crippen molar-refractivity contribution in [3.8, 4) is 0 Å². The molecule has 96 valence electrons. The molecular formula is C12H14N2O4. The fourth-order valence-corrected chi connectivity index (χ4v) is 1.78. The van der Waals surface area contributed by atoms with Crippen molar-refractivity contribution in [2.75, 3.05) is 6.61 Å². The third kappa shape index (κ3) is 2.26. The van der Waals surface area contributed by atoms with Gasteiger partial charge >= 0.3 is 0 Å². The second kappa shape index (κ2) is 4.85. The number of hydrogen-bond donors (Lipinski definition) is 4. The second-order valence-corrected chi connectivity index (χ2v) is 4.12. The molecule has 0 aliphatic heterocycles. The molecule has 2 rings (SSSR count). The van der Waals surface area contributed by atoms with Gasteiger partial charge in [0.15, 0.2) is 0 Å². The molecule has 0 amide bonds. The Morgan fingerprint density at radius 2 is 2.11 bits per heavy atom. The van der Waals surface area contributed by atoms with Gasteiger partial charge in [0.2, 0.25) is 0 Å². The Morgan fingerprint density at radius 1 is 1.39 bits per heavy atom. The molecular weight excluding hydrogens is 236 g/mol. The molecule has 0 radical (unpaired) electrons. The first-order valence-electron chi connectivity index (χ1n) is 5.50. The van der Waals surface area contributed by atoms with Crippen LogP contribution in [-0.2, 0) is 0 Å². The van der Waals surface area contributed by atoms with E-state index in [1.807, 2.05) is 0 Å². The third-order valence-electron chi connectivity index (χ3n) is 2.74. The summed E-state index contributed by atoms with van der Waals surface area (Å²) in [6.45, 7) is 1.13. The highest BCUT2D eigenvalue weighted by Crippen LogP contribution is 2.19. The summed E-state index contributed by atoms with van der Waals surface area (Å²) in [6, 6.07) is 4.63. The number of rotatable bonds is 3. The Hall–Kier alpha value is -1.76. The molecule has 6 heteroatoms. The maximum absolute atomic E-state index is 11.7. The molecule has 1 aromatic carbocycles. The molecule has 2 aromatic rings. The van der Waals surface area contributed by atoms with Crippen LogP contribution in [0.1, 0.15) is 17.5 Å². The van der Waals surface area contributed by atoms with Gasteiger partial charge in [-0.3, -0.25) is 4.79 Å². The first kappa shape index (κ1) is 12.7. The van der Waals surface area contributed by atoms with Gasteiger partial charge in [0.25, 0.3) is 5.56 Å². The Bertz CT molecular complexity index is 623. The summed E-state index contributed by atoms with van der Waals surface area (Å²) in [4.78, 5) is 18.4. The number of benzene rings is 1. The van der Waals surface area contributed by atoms with Gasteiger partial charge in [0, 0.05) is 0 Å². The van der Waals surface area contributed by atoms with Crippen LogP contribution in [0.15, 0.2) is 23.0 Å². The van der Waals surface area contributed by atoms with Crippen molar-refractivity contribution in [1.29, 1.82) is 0 Å². The van der Waals surface area contributed by atoms with Gasteiger partial charge in [-0.25, -0.2) is 4.98 Å². The molecule has 0 spiro atoms. The topological polar surface area (TPSA) is 106 Å². The average molecular weight is 250 g/mol. The number of aromatic amines is 1. The van der Waals surface area contributed by atoms with Gasteiger partial charge in [-0.15, -0.1) is 0 Å². The molecule has 1 aromatic heterocycles. The van der Waals surface area contributed by atoms with Gasteiger partial charge in [-0.1, -0.05) is 6.07 Å². The van der Waals surface area contributed by atoms with E-state index in [0.29, 0.717) is 22.3 Å². The van der Waals surface area contributed by atoms with Crippen LogP contribution in [0.3, 0.4) is 0 Å². The number of H-pyrrole nitrogens is 1. The summed E-state index contributed by atoms with van der Waals surface area (Å²) in [5, 5.41) is 28.2. The van der Waals surface area contributed by atoms with Crippen molar-refractivity contribution in [1.82, 2.24) is 9.97 Å². The third-order valence-corrected chi connectivity index (χ3v) is 2.74. The number of aliphatic hydroxyl groups excluding tert-OH is 3. The van der Waals surface area contributed by atoms with Gasteiger partial charge in [-0.05, 0) is 24.6 Å². The molecule has 2 unspecified atom stereocenters. The molecule has 0 fully saturated rings. The molecule has 0 saturated carbocycles. The molecule has 0 aliphatic rings. The average Bonchev–Trinajstić information content (AvgIpc) is 2.36. The zero-order valence-electron chi connectivity index (χ0n) is 9.79. The fraction of sp³-hybridized carbons (Fsp3) is 0.333. The van der Waals surface area contributed by atoms with Crippen LogP contribution in [-0.4, -0.2) is 38.0 Å². The van der Waals surface area contributed by atoms with Gasteiger partial charge in [0.05, 0.1) is 17.5 Å². The standard InChI is InChI=1S/C12H14N2O4/c1-6-13-9-3-2-7(11(17)10(16)5-15)4-8(9)12(18)14-6/h2-4,10-11,15-17H,5H2,1H3,(H,13,14,18). The van der Waals surface area contributed by atoms with E-state index in [0.717, 1.165) is 0 Å². The van der Waals surface area contributed by atoms with Crippen LogP contribution in [0, 0.1) is 6.92 Å². The minimum atomic E-state index is -1.28. The maximum atomic E-state index is 11.7. The van der Waals surface area contributed by atoms with E-state index < -0.39 is 18.8 Å². The minimum absolute atomic E-state index is 0.301. The summed E-state index contributed by atoms with van der Waals surface area (Å²) < 4.78 is 0. The van der Waals surface area contributed by atoms with E-state index in [1.165, 1.54) is 6.07 Å². The first-order valence-corrected chi connectivity index (χ1v) is 5.50. The maximum Gasteiger partial charge on any atom is 0.258 e. The van der Waals surface area contributed by atoms with Crippen LogP contribution in [0.25, 0.3) is 10.9 Å². The smallest absolute Gasteiger partial charge is 0.258 e. The first-order chi connectivity index (χ1) is 8.52. The number of aliphatic hydroxyl groups is 3. The zero-order valence-corrected chi connectivity index (χ0v) is 9.79. The highest BCUT2D eigenvalue weighted by atomic mass is 16.4. The molecule has 0 bridgehead atoms. The lowest BCUT2D eigenvalue weighted by molar-refractivity contribution is -0.0152. The van der Waals surface area contributed by atoms with Gasteiger partial charge < -0.3 is 20.3 Å². The fourth-order valence-electron chi connectivity index (χ4n) is 1.78. The second-order valence-electron chi connectivity index (χ2n) is 4.12. The molecule has 4 N–H and O–H groups in total. The molecule has 18 heavy (non-hydrogen) atoms. The minimum Gasteiger partial charge on any atom is -0.394 e. The highest BCUT2D eigenvalue weighted by Gasteiger charge is 2.18. The molecule has 6 nitrogen and oxygen atoms in total. The monoisotopic (exact) mass is 250 g/mol. The van der Waals surface area contributed by atoms with E-state index in [-0.39, 0.29) is 5.56 Å². The lowest BCUT2D eigenvalue weighted by Crippen LogP contribution is -2.22. The summed E-state index contributed by atoms with van der Waals surface area (Å²) in [5.41, 5.74) is 0.580. The predicted molar refractivity (Wildman–Crippen MR) is 65.2 cm³/mol. The highest BCUT2D eigenvalue weighted by molar-refractivity contribution is 5.78. The van der Waals surface area contributed by atoms with Crippen LogP contribution in [0.2, 0.25) is 0 Å². The van der Waals surface area contributed by atoms with E-state index in [1.54, 1.807) is 19.1 Å². The van der Waals surface area contributed by atoms with Crippen molar-refractivity contribution in [2.24, 2.45) is 0 Å². The number of aryl methyl sites for hydroxylation is 1. The van der Waals surface area contributed by atoms with Crippen molar-refractivity contribution >= 4 is 10.9 Å². The lowest BCUT2D eigenvalue weighted by Gasteiger charge is -2.16. The summed E-state index contributed by atoms with van der Waals surface area (Å²) in [5.74, 6) is 0.510. The van der Waals surface area contributed by atoms with Crippen LogP contribution >= 0.6 is 0 Å². The number of nitrogens with zero attached hydrogens (tertiary/aromatic N) is 1. The van der Waals surface area contributed by atoms with E-state index in [4.69, 9.17) is 5.11 Å². The Labute approximate surface area is 103 Å². The lowest BCUT2D eigenvalue weighted by atomic mass is 10.0. The molecule has 0 saturated heterocycles. The molecule has 1 heterocycles. The number of hydrogen-bond acceptors (Lipinski definition) is 5. The normalized spacial score (nSPS) is 14.7. The molecule has 2 atom stereocenters. The zero-order chi connectivity index (χ0) is 13.3. The summed E-state index contributed by atoms with van der Waals surface area (Å²) in [7, 11) is 0.